The van der Waals surface area contributed by atoms with E-state index in [4.69, 9.17) is 9.73 Å². The summed E-state index contributed by atoms with van der Waals surface area (Å²) in [5.41, 5.74) is 2.03. The third kappa shape index (κ3) is 4.90. The molecule has 0 spiro atoms. The number of aromatic nitrogens is 1. The van der Waals surface area contributed by atoms with Crippen molar-refractivity contribution >= 4 is 22.6 Å². The van der Waals surface area contributed by atoms with Crippen LogP contribution in [0.1, 0.15) is 45.6 Å². The topological polar surface area (TPSA) is 49.8 Å². The van der Waals surface area contributed by atoms with Crippen molar-refractivity contribution in [3.05, 3.63) is 48.2 Å². The number of nitrogens with one attached hydrogen (secondary N) is 1. The van der Waals surface area contributed by atoms with Gasteiger partial charge < -0.3 is 15.0 Å². The van der Waals surface area contributed by atoms with Gasteiger partial charge in [0.2, 0.25) is 5.88 Å². The quantitative estimate of drug-likeness (QED) is 0.667. The fourth-order valence-corrected chi connectivity index (χ4v) is 5.70. The number of nitrogens with zero attached hydrogens (tertiary/aromatic N) is 3. The van der Waals surface area contributed by atoms with E-state index in [2.05, 4.69) is 48.1 Å². The highest BCUT2D eigenvalue weighted by Gasteiger charge is 2.37. The Morgan fingerprint density at radius 1 is 1.13 bits per heavy atom. The summed E-state index contributed by atoms with van der Waals surface area (Å²) in [4.78, 5) is 12.2. The highest BCUT2D eigenvalue weighted by molar-refractivity contribution is 8.15. The van der Waals surface area contributed by atoms with Crippen LogP contribution in [0.25, 0.3) is 0 Å². The lowest BCUT2D eigenvalue weighted by atomic mass is 9.86. The van der Waals surface area contributed by atoms with Crippen LogP contribution in [0.4, 0.5) is 5.69 Å². The molecule has 1 saturated carbocycles. The number of pyridine rings is 1. The molecule has 0 bridgehead atoms. The molecular formula is C25H32N4OS. The lowest BCUT2D eigenvalue weighted by Crippen LogP contribution is -2.43. The number of rotatable bonds is 5. The van der Waals surface area contributed by atoms with Crippen LogP contribution in [0.2, 0.25) is 0 Å². The molecule has 3 aliphatic rings. The second-order valence-electron chi connectivity index (χ2n) is 9.98. The smallest absolute Gasteiger partial charge is 0.243 e. The van der Waals surface area contributed by atoms with Crippen molar-refractivity contribution in [1.82, 2.24) is 9.88 Å². The molecule has 31 heavy (non-hydrogen) atoms. The van der Waals surface area contributed by atoms with Crippen LogP contribution >= 0.6 is 11.8 Å². The predicted molar refractivity (Wildman–Crippen MR) is 129 cm³/mol. The minimum absolute atomic E-state index is 0.00755. The van der Waals surface area contributed by atoms with Gasteiger partial charge in [-0.2, -0.15) is 0 Å². The molecule has 0 radical (unpaired) electrons. The summed E-state index contributed by atoms with van der Waals surface area (Å²) in [6.45, 7) is 10.2. The Hall–Kier alpha value is -2.05. The fourth-order valence-electron chi connectivity index (χ4n) is 4.41. The molecule has 1 saturated heterocycles. The van der Waals surface area contributed by atoms with Gasteiger partial charge in [-0.3, -0.25) is 4.99 Å². The number of benzene rings is 1. The Balaban J connectivity index is 1.29. The van der Waals surface area contributed by atoms with E-state index in [9.17, 15) is 0 Å². The number of thioether (sulfide) groups is 1. The molecule has 2 aliphatic heterocycles. The van der Waals surface area contributed by atoms with Crippen LogP contribution in [0.5, 0.6) is 11.6 Å². The van der Waals surface area contributed by atoms with E-state index >= 15 is 0 Å². The van der Waals surface area contributed by atoms with Gasteiger partial charge in [0.1, 0.15) is 11.4 Å². The van der Waals surface area contributed by atoms with Crippen LogP contribution in [0.3, 0.4) is 0 Å². The number of ether oxygens (including phenoxy) is 1. The molecule has 5 nitrogen and oxygen atoms in total. The molecule has 6 heteroatoms. The van der Waals surface area contributed by atoms with E-state index in [0.717, 1.165) is 35.5 Å². The van der Waals surface area contributed by atoms with E-state index in [0.29, 0.717) is 17.2 Å². The van der Waals surface area contributed by atoms with E-state index < -0.39 is 0 Å². The maximum Gasteiger partial charge on any atom is 0.243 e. The van der Waals surface area contributed by atoms with Crippen LogP contribution in [-0.4, -0.2) is 46.0 Å². The van der Waals surface area contributed by atoms with Gasteiger partial charge in [0.25, 0.3) is 0 Å². The van der Waals surface area contributed by atoms with E-state index in [1.54, 1.807) is 6.20 Å². The standard InChI is InChI=1S/C25H32N4OS/c1-25(2,3)18-7-4-5-9-21(18)30-23-20(8-6-13-26-23)28-24-27-19-12-14-29(15-17-10-11-17)16-22(19)31-24/h4-9,13,17,19,22H,10-12,14-16H2,1-3H3,(H,27,28). The van der Waals surface area contributed by atoms with Crippen LogP contribution in [0.15, 0.2) is 47.6 Å². The van der Waals surface area contributed by atoms with Gasteiger partial charge >= 0.3 is 0 Å². The molecule has 3 heterocycles. The first-order valence-corrected chi connectivity index (χ1v) is 12.3. The second kappa shape index (κ2) is 8.47. The zero-order valence-corrected chi connectivity index (χ0v) is 19.5. The minimum Gasteiger partial charge on any atom is -0.437 e. The van der Waals surface area contributed by atoms with Crippen molar-refractivity contribution in [3.8, 4) is 11.6 Å². The summed E-state index contributed by atoms with van der Waals surface area (Å²) in [5.74, 6) is 2.39. The van der Waals surface area contributed by atoms with Crippen molar-refractivity contribution in [1.29, 1.82) is 0 Å². The van der Waals surface area contributed by atoms with Crippen LogP contribution < -0.4 is 10.1 Å². The van der Waals surface area contributed by atoms with Crippen molar-refractivity contribution in [2.45, 2.75) is 56.7 Å². The Morgan fingerprint density at radius 2 is 1.97 bits per heavy atom. The summed E-state index contributed by atoms with van der Waals surface area (Å²) in [6, 6.07) is 12.6. The average molecular weight is 437 g/mol. The zero-order chi connectivity index (χ0) is 21.4. The van der Waals surface area contributed by atoms with E-state index in [1.807, 2.05) is 36.0 Å². The Bertz CT molecular complexity index is 966. The van der Waals surface area contributed by atoms with Crippen LogP contribution in [-0.2, 0) is 5.41 Å². The molecule has 5 rings (SSSR count). The van der Waals surface area contributed by atoms with Crippen molar-refractivity contribution in [2.75, 3.05) is 25.0 Å². The first-order valence-electron chi connectivity index (χ1n) is 11.4. The lowest BCUT2D eigenvalue weighted by Gasteiger charge is -2.33. The molecular weight excluding hydrogens is 404 g/mol. The fraction of sp³-hybridized carbons (Fsp3) is 0.520. The third-order valence-electron chi connectivity index (χ3n) is 6.28. The molecule has 2 unspecified atom stereocenters. The van der Waals surface area contributed by atoms with Crippen LogP contribution in [0, 0.1) is 5.92 Å². The molecule has 0 amide bonds. The van der Waals surface area contributed by atoms with Gasteiger partial charge in [-0.25, -0.2) is 4.98 Å². The van der Waals surface area contributed by atoms with Crippen molar-refractivity contribution < 1.29 is 4.74 Å². The van der Waals surface area contributed by atoms with Gasteiger partial charge in [-0.05, 0) is 48.8 Å². The minimum atomic E-state index is -0.00755. The number of piperidine rings is 1. The van der Waals surface area contributed by atoms with E-state index in [1.165, 1.54) is 31.5 Å². The number of hydrogen-bond donors (Lipinski definition) is 1. The summed E-state index contributed by atoms with van der Waals surface area (Å²) >= 11 is 1.88. The molecule has 164 valence electrons. The molecule has 2 aromatic rings. The maximum absolute atomic E-state index is 6.32. The molecule has 2 fully saturated rings. The summed E-state index contributed by atoms with van der Waals surface area (Å²) in [7, 11) is 0. The first-order chi connectivity index (χ1) is 15.0. The number of amidine groups is 1. The number of fused-ring (bicyclic) bond motifs is 1. The number of likely N-dealkylation sites (tertiary alicyclic amines) is 1. The van der Waals surface area contributed by atoms with Gasteiger partial charge in [0.05, 0.1) is 6.04 Å². The normalized spacial score (nSPS) is 23.9. The first kappa shape index (κ1) is 20.8. The highest BCUT2D eigenvalue weighted by Crippen LogP contribution is 2.38. The predicted octanol–water partition coefficient (Wildman–Crippen LogP) is 5.54. The zero-order valence-electron chi connectivity index (χ0n) is 18.7. The van der Waals surface area contributed by atoms with E-state index in [-0.39, 0.29) is 5.41 Å². The Morgan fingerprint density at radius 3 is 2.77 bits per heavy atom. The highest BCUT2D eigenvalue weighted by atomic mass is 32.2. The summed E-state index contributed by atoms with van der Waals surface area (Å²) in [5, 5.41) is 5.06. The lowest BCUT2D eigenvalue weighted by molar-refractivity contribution is 0.213. The molecule has 2 atom stereocenters. The summed E-state index contributed by atoms with van der Waals surface area (Å²) < 4.78 is 6.32. The van der Waals surface area contributed by atoms with Crippen molar-refractivity contribution in [3.63, 3.8) is 0 Å². The summed E-state index contributed by atoms with van der Waals surface area (Å²) in [6.07, 6.45) is 5.77. The number of anilines is 1. The molecule has 1 N–H and O–H groups in total. The third-order valence-corrected chi connectivity index (χ3v) is 7.48. The number of aliphatic imine (C=N–C) groups is 1. The van der Waals surface area contributed by atoms with Gasteiger partial charge in [-0.15, -0.1) is 0 Å². The molecule has 1 aromatic carbocycles. The monoisotopic (exact) mass is 436 g/mol. The number of hydrogen-bond acceptors (Lipinski definition) is 6. The van der Waals surface area contributed by atoms with Gasteiger partial charge in [-0.1, -0.05) is 50.7 Å². The number of para-hydroxylation sites is 1. The maximum atomic E-state index is 6.32. The largest absolute Gasteiger partial charge is 0.437 e. The van der Waals surface area contributed by atoms with Crippen molar-refractivity contribution in [2.24, 2.45) is 10.9 Å². The van der Waals surface area contributed by atoms with Gasteiger partial charge in [0.15, 0.2) is 5.17 Å². The molecule has 1 aromatic heterocycles. The van der Waals surface area contributed by atoms with Gasteiger partial charge in [0, 0.05) is 36.6 Å². The average Bonchev–Trinajstić information content (AvgIpc) is 3.46. The molecule has 1 aliphatic carbocycles. The Labute approximate surface area is 189 Å². The Kier molecular flexibility index (Phi) is 5.69. The second-order valence-corrected chi connectivity index (χ2v) is 11.2. The SMILES string of the molecule is CC(C)(C)c1ccccc1Oc1ncccc1NC1=NC2CCN(CC3CC3)CC2S1.